The zero-order valence-corrected chi connectivity index (χ0v) is 16.1. The summed E-state index contributed by atoms with van der Waals surface area (Å²) < 4.78 is 30.2. The first-order valence-corrected chi connectivity index (χ1v) is 8.77. The molecule has 3 rings (SSSR count). The number of rotatable bonds is 6. The Hall–Kier alpha value is -3.67. The summed E-state index contributed by atoms with van der Waals surface area (Å²) in [6.45, 7) is 10.0. The normalized spacial score (nSPS) is 10.6. The van der Waals surface area contributed by atoms with E-state index in [0.717, 1.165) is 5.56 Å². The third-order valence-electron chi connectivity index (χ3n) is 4.06. The number of benzene rings is 2. The van der Waals surface area contributed by atoms with E-state index >= 15 is 0 Å². The van der Waals surface area contributed by atoms with E-state index in [1.807, 2.05) is 0 Å². The highest BCUT2D eigenvalue weighted by molar-refractivity contribution is 5.89. The van der Waals surface area contributed by atoms with E-state index in [9.17, 15) is 14.0 Å². The molecule has 0 aliphatic carbocycles. The van der Waals surface area contributed by atoms with E-state index in [2.05, 4.69) is 13.2 Å². The summed E-state index contributed by atoms with van der Waals surface area (Å²) in [6, 6.07) is 11.4. The van der Waals surface area contributed by atoms with Gasteiger partial charge in [-0.2, -0.15) is 0 Å². The van der Waals surface area contributed by atoms with Gasteiger partial charge in [-0.3, -0.25) is 0 Å². The number of fused-ring (bicyclic) bond motifs is 1. The molecule has 0 atom stereocenters. The highest BCUT2D eigenvalue weighted by Gasteiger charge is 2.14. The number of ether oxygens (including phenoxy) is 2. The van der Waals surface area contributed by atoms with Gasteiger partial charge in [-0.05, 0) is 55.3 Å². The molecule has 0 fully saturated rings. The Morgan fingerprint density at radius 1 is 0.966 bits per heavy atom. The summed E-state index contributed by atoms with van der Waals surface area (Å²) in [5.41, 5.74) is 2.01. The zero-order chi connectivity index (χ0) is 21.1. The molecule has 2 aromatic carbocycles. The molecule has 0 saturated carbocycles. The Morgan fingerprint density at radius 2 is 1.62 bits per heavy atom. The van der Waals surface area contributed by atoms with E-state index in [0.29, 0.717) is 28.0 Å². The third kappa shape index (κ3) is 4.60. The van der Waals surface area contributed by atoms with Crippen molar-refractivity contribution in [3.05, 3.63) is 78.3 Å². The zero-order valence-electron chi connectivity index (χ0n) is 16.1. The SMILES string of the molecule is C=C(C)C(=O)OCc1cc2cc(-c3ccc(OC(=O)C(=C)C)cc3)cc(F)c2o1. The van der Waals surface area contributed by atoms with Crippen LogP contribution in [0.5, 0.6) is 5.75 Å². The van der Waals surface area contributed by atoms with Crippen LogP contribution in [0.4, 0.5) is 4.39 Å². The van der Waals surface area contributed by atoms with Crippen LogP contribution in [0.3, 0.4) is 0 Å². The van der Waals surface area contributed by atoms with Gasteiger partial charge in [-0.25, -0.2) is 14.0 Å². The largest absolute Gasteiger partial charge is 0.454 e. The lowest BCUT2D eigenvalue weighted by Crippen LogP contribution is -2.07. The van der Waals surface area contributed by atoms with Crippen LogP contribution in [-0.4, -0.2) is 11.9 Å². The van der Waals surface area contributed by atoms with Gasteiger partial charge in [0.15, 0.2) is 11.4 Å². The second-order valence-electron chi connectivity index (χ2n) is 6.64. The maximum absolute atomic E-state index is 14.5. The summed E-state index contributed by atoms with van der Waals surface area (Å²) in [6.07, 6.45) is 0. The van der Waals surface area contributed by atoms with E-state index < -0.39 is 17.8 Å². The Bertz CT molecular complexity index is 1120. The predicted molar refractivity (Wildman–Crippen MR) is 107 cm³/mol. The average molecular weight is 394 g/mol. The molecule has 0 N–H and O–H groups in total. The maximum atomic E-state index is 14.5. The molecule has 29 heavy (non-hydrogen) atoms. The molecular weight excluding hydrogens is 375 g/mol. The van der Waals surface area contributed by atoms with E-state index in [4.69, 9.17) is 13.9 Å². The highest BCUT2D eigenvalue weighted by Crippen LogP contribution is 2.30. The lowest BCUT2D eigenvalue weighted by atomic mass is 10.0. The molecule has 1 heterocycles. The molecule has 0 spiro atoms. The number of hydrogen-bond acceptors (Lipinski definition) is 5. The average Bonchev–Trinajstić information content (AvgIpc) is 3.10. The van der Waals surface area contributed by atoms with E-state index in [1.54, 1.807) is 43.3 Å². The summed E-state index contributed by atoms with van der Waals surface area (Å²) in [7, 11) is 0. The molecule has 0 saturated heterocycles. The Morgan fingerprint density at radius 3 is 2.24 bits per heavy atom. The molecule has 1 aromatic heterocycles. The van der Waals surface area contributed by atoms with Crippen LogP contribution in [0.25, 0.3) is 22.1 Å². The van der Waals surface area contributed by atoms with Crippen molar-refractivity contribution in [1.29, 1.82) is 0 Å². The number of hydrogen-bond donors (Lipinski definition) is 0. The van der Waals surface area contributed by atoms with Gasteiger partial charge >= 0.3 is 11.9 Å². The van der Waals surface area contributed by atoms with Crippen molar-refractivity contribution in [2.75, 3.05) is 0 Å². The number of carbonyl (C=O) groups is 2. The Labute approximate surface area is 167 Å². The minimum absolute atomic E-state index is 0.0853. The fourth-order valence-corrected chi connectivity index (χ4v) is 2.57. The number of furan rings is 1. The Balaban J connectivity index is 1.83. The van der Waals surface area contributed by atoms with Crippen LogP contribution >= 0.6 is 0 Å². The van der Waals surface area contributed by atoms with Crippen LogP contribution in [0.15, 0.2) is 71.2 Å². The van der Waals surface area contributed by atoms with Crippen LogP contribution in [0.2, 0.25) is 0 Å². The topological polar surface area (TPSA) is 65.7 Å². The molecule has 0 amide bonds. The first-order valence-electron chi connectivity index (χ1n) is 8.77. The number of esters is 2. The minimum atomic E-state index is -0.543. The third-order valence-corrected chi connectivity index (χ3v) is 4.06. The molecule has 5 nitrogen and oxygen atoms in total. The molecule has 0 unspecified atom stereocenters. The summed E-state index contributed by atoms with van der Waals surface area (Å²) in [5, 5.41) is 0.541. The Kier molecular flexibility index (Phi) is 5.64. The summed E-state index contributed by atoms with van der Waals surface area (Å²) in [4.78, 5) is 23.1. The van der Waals surface area contributed by atoms with E-state index in [1.165, 1.54) is 13.0 Å². The molecule has 0 bridgehead atoms. The molecule has 0 radical (unpaired) electrons. The second kappa shape index (κ2) is 8.14. The molecule has 0 aliphatic rings. The maximum Gasteiger partial charge on any atom is 0.338 e. The van der Waals surface area contributed by atoms with E-state index in [-0.39, 0.29) is 17.8 Å². The molecule has 148 valence electrons. The van der Waals surface area contributed by atoms with Gasteiger partial charge in [-0.15, -0.1) is 0 Å². The van der Waals surface area contributed by atoms with Gasteiger partial charge in [0.25, 0.3) is 0 Å². The van der Waals surface area contributed by atoms with Gasteiger partial charge in [0, 0.05) is 16.5 Å². The highest BCUT2D eigenvalue weighted by atomic mass is 19.1. The van der Waals surface area contributed by atoms with Crippen molar-refractivity contribution in [3.8, 4) is 16.9 Å². The van der Waals surface area contributed by atoms with Crippen LogP contribution in [0.1, 0.15) is 19.6 Å². The molecule has 6 heteroatoms. The van der Waals surface area contributed by atoms with Gasteiger partial charge in [0.05, 0.1) is 0 Å². The number of halogens is 1. The summed E-state index contributed by atoms with van der Waals surface area (Å²) in [5.74, 6) is -0.892. The van der Waals surface area contributed by atoms with Crippen molar-refractivity contribution < 1.29 is 27.9 Å². The van der Waals surface area contributed by atoms with Crippen LogP contribution in [-0.2, 0) is 20.9 Å². The van der Waals surface area contributed by atoms with Crippen LogP contribution in [0, 0.1) is 5.82 Å². The minimum Gasteiger partial charge on any atom is -0.454 e. The fraction of sp³-hybridized carbons (Fsp3) is 0.130. The molecule has 0 aliphatic heterocycles. The van der Waals surface area contributed by atoms with Gasteiger partial charge in [-0.1, -0.05) is 25.3 Å². The van der Waals surface area contributed by atoms with Crippen molar-refractivity contribution in [2.45, 2.75) is 20.5 Å². The fourth-order valence-electron chi connectivity index (χ4n) is 2.57. The van der Waals surface area contributed by atoms with Gasteiger partial charge in [0.2, 0.25) is 0 Å². The molecular formula is C23H19FO5. The second-order valence-corrected chi connectivity index (χ2v) is 6.64. The number of carbonyl (C=O) groups excluding carboxylic acids is 2. The lowest BCUT2D eigenvalue weighted by molar-refractivity contribution is -0.140. The lowest BCUT2D eigenvalue weighted by Gasteiger charge is -2.06. The van der Waals surface area contributed by atoms with Gasteiger partial charge < -0.3 is 13.9 Å². The summed E-state index contributed by atoms with van der Waals surface area (Å²) >= 11 is 0. The van der Waals surface area contributed by atoms with Gasteiger partial charge in [0.1, 0.15) is 18.1 Å². The predicted octanol–water partition coefficient (Wildman–Crippen LogP) is 5.34. The van der Waals surface area contributed by atoms with Crippen molar-refractivity contribution in [1.82, 2.24) is 0 Å². The van der Waals surface area contributed by atoms with Crippen molar-refractivity contribution >= 4 is 22.9 Å². The standard InChI is InChI=1S/C23H19FO5/c1-13(2)22(25)27-12-19-10-17-9-16(11-20(24)21(17)28-19)15-5-7-18(8-6-15)29-23(26)14(3)4/h5-11H,1,3,12H2,2,4H3. The smallest absolute Gasteiger partial charge is 0.338 e. The van der Waals surface area contributed by atoms with Crippen molar-refractivity contribution in [2.24, 2.45) is 0 Å². The molecule has 3 aromatic rings. The van der Waals surface area contributed by atoms with Crippen molar-refractivity contribution in [3.63, 3.8) is 0 Å². The quantitative estimate of drug-likeness (QED) is 0.321. The monoisotopic (exact) mass is 394 g/mol. The van der Waals surface area contributed by atoms with Crippen LogP contribution < -0.4 is 4.74 Å². The first kappa shape index (κ1) is 20.1. The first-order chi connectivity index (χ1) is 13.7.